The van der Waals surface area contributed by atoms with E-state index in [1.165, 1.54) is 3.78 Å². The van der Waals surface area contributed by atoms with E-state index >= 15 is 0 Å². The Kier molecular flexibility index (Phi) is 12.2. The molecule has 0 atom stereocenters. The minimum absolute atomic E-state index is 1.37. The fraction of sp³-hybridized carbons (Fsp3) is 0. The fourth-order valence-electron chi connectivity index (χ4n) is 1.45. The van der Waals surface area contributed by atoms with Crippen molar-refractivity contribution in [1.29, 1.82) is 0 Å². The van der Waals surface area contributed by atoms with Crippen molar-refractivity contribution in [3.8, 4) is 0 Å². The normalized spacial score (nSPS) is 24.9. The summed E-state index contributed by atoms with van der Waals surface area (Å²) in [6.45, 7) is 0. The second kappa shape index (κ2) is 14.8. The second-order valence-corrected chi connectivity index (χ2v) is 5.68. The van der Waals surface area contributed by atoms with Gasteiger partial charge in [-0.2, -0.15) is 0 Å². The zero-order valence-electron chi connectivity index (χ0n) is 13.1. The third kappa shape index (κ3) is 13.3. The number of hydrogen-bond donors (Lipinski definition) is 0. The van der Waals surface area contributed by atoms with Gasteiger partial charge in [0.25, 0.3) is 0 Å². The van der Waals surface area contributed by atoms with Crippen LogP contribution in [0.1, 0.15) is 0 Å². The Bertz CT molecular complexity index is 484. The van der Waals surface area contributed by atoms with Gasteiger partial charge in [0.05, 0.1) is 0 Å². The molecule has 0 fully saturated rings. The van der Waals surface area contributed by atoms with Crippen molar-refractivity contribution < 1.29 is 21.1 Å². The van der Waals surface area contributed by atoms with E-state index in [0.717, 1.165) is 0 Å². The molecule has 114 valence electrons. The average molecular weight is 378 g/mol. The van der Waals surface area contributed by atoms with Crippen molar-refractivity contribution in [2.45, 2.75) is 0 Å². The zero-order valence-corrected chi connectivity index (χ0v) is 15.3. The molecule has 0 spiro atoms. The molecule has 0 amide bonds. The van der Waals surface area contributed by atoms with Crippen LogP contribution in [0.25, 0.3) is 0 Å². The van der Waals surface area contributed by atoms with Gasteiger partial charge in [0.2, 0.25) is 0 Å². The maximum atomic E-state index is 2.11. The Balaban J connectivity index is 0.000000173. The van der Waals surface area contributed by atoms with Crippen molar-refractivity contribution in [3.05, 3.63) is 128 Å². The van der Waals surface area contributed by atoms with Gasteiger partial charge in [-0.05, 0) is 0 Å². The summed E-state index contributed by atoms with van der Waals surface area (Å²) in [5, 5.41) is 0. The second-order valence-electron chi connectivity index (χ2n) is 4.41. The molecule has 2 aliphatic carbocycles. The third-order valence-electron chi connectivity index (χ3n) is 2.53. The van der Waals surface area contributed by atoms with Crippen molar-refractivity contribution >= 4 is 3.78 Å². The minimum atomic E-state index is 1.37. The monoisotopic (exact) mass is 378 g/mol. The average Bonchev–Trinajstić information content (AvgIpc) is 2.48. The molecule has 0 aliphatic heterocycles. The Morgan fingerprint density at radius 2 is 0.565 bits per heavy atom. The Hall–Kier alpha value is -2.12. The summed E-state index contributed by atoms with van der Waals surface area (Å²) in [6.07, 6.45) is 32.0. The Labute approximate surface area is 152 Å². The first-order valence-electron chi connectivity index (χ1n) is 7.47. The first kappa shape index (κ1) is 18.9. The predicted octanol–water partition coefficient (Wildman–Crippen LogP) is 5.31. The topological polar surface area (TPSA) is 0 Å². The standard InChI is InChI=1S/2C8H8.C6H5.Nb/c2*1-2-4-6-8-7-5-3-1;1-2-4-6-5-3-1;/h2*1-8H;1-5H;/b2*2-1-,3-1?,4-2?,5-3-,6-4-,7-5?,8-6?,8-7-;;. The van der Waals surface area contributed by atoms with Gasteiger partial charge < -0.3 is 0 Å². The summed E-state index contributed by atoms with van der Waals surface area (Å²) in [6, 6.07) is 10.3. The van der Waals surface area contributed by atoms with Crippen molar-refractivity contribution in [2.75, 3.05) is 0 Å². The Morgan fingerprint density at radius 1 is 0.348 bits per heavy atom. The van der Waals surface area contributed by atoms with Gasteiger partial charge in [0, 0.05) is 0 Å². The molecular weight excluding hydrogens is 357 g/mol. The molecule has 0 unspecified atom stereocenters. The predicted molar refractivity (Wildman–Crippen MR) is 99.2 cm³/mol. The number of rotatable bonds is 0. The molecule has 1 aromatic carbocycles. The van der Waals surface area contributed by atoms with Gasteiger partial charge in [-0.15, -0.1) is 0 Å². The molecule has 0 radical (unpaired) electrons. The molecule has 23 heavy (non-hydrogen) atoms. The van der Waals surface area contributed by atoms with Gasteiger partial charge >= 0.3 is 55.2 Å². The van der Waals surface area contributed by atoms with Crippen LogP contribution in [0, 0.1) is 0 Å². The summed E-state index contributed by atoms with van der Waals surface area (Å²) in [5.41, 5.74) is 0. The van der Waals surface area contributed by atoms with Gasteiger partial charge in [0.15, 0.2) is 0 Å². The van der Waals surface area contributed by atoms with Crippen LogP contribution >= 0.6 is 0 Å². The van der Waals surface area contributed by atoms with Crippen LogP contribution in [-0.2, 0) is 21.1 Å². The maximum absolute atomic E-state index is 2.11. The third-order valence-corrected chi connectivity index (χ3v) is 3.27. The van der Waals surface area contributed by atoms with E-state index in [4.69, 9.17) is 0 Å². The summed E-state index contributed by atoms with van der Waals surface area (Å²) in [7, 11) is 0. The van der Waals surface area contributed by atoms with E-state index in [1.807, 2.05) is 115 Å². The van der Waals surface area contributed by atoms with E-state index in [-0.39, 0.29) is 0 Å². The first-order chi connectivity index (χ1) is 11.4. The molecule has 0 nitrogen and oxygen atoms in total. The molecule has 3 rings (SSSR count). The molecule has 0 aromatic heterocycles. The van der Waals surface area contributed by atoms with Crippen molar-refractivity contribution in [3.63, 3.8) is 0 Å². The number of allylic oxidation sites excluding steroid dienone is 16. The summed E-state index contributed by atoms with van der Waals surface area (Å²) in [5.74, 6) is 0. The molecule has 0 N–H and O–H groups in total. The van der Waals surface area contributed by atoms with E-state index in [0.29, 0.717) is 0 Å². The van der Waals surface area contributed by atoms with E-state index in [9.17, 15) is 0 Å². The van der Waals surface area contributed by atoms with E-state index < -0.39 is 0 Å². The van der Waals surface area contributed by atoms with Crippen LogP contribution in [0.5, 0.6) is 0 Å². The summed E-state index contributed by atoms with van der Waals surface area (Å²) >= 11 is 1.76. The SMILES string of the molecule is C1=C\C=C/C=C\C=C/1.C1=C\C=C/C=C\C=C/1.[Nb][c]1ccccc1. The number of benzene rings is 1. The van der Waals surface area contributed by atoms with Crippen LogP contribution < -0.4 is 3.78 Å². The molecular formula is C22H21Nb. The molecule has 0 saturated heterocycles. The van der Waals surface area contributed by atoms with Gasteiger partial charge in [-0.3, -0.25) is 0 Å². The van der Waals surface area contributed by atoms with Crippen LogP contribution in [0.2, 0.25) is 0 Å². The van der Waals surface area contributed by atoms with Crippen LogP contribution in [0.4, 0.5) is 0 Å². The molecule has 0 bridgehead atoms. The Morgan fingerprint density at radius 3 is 0.696 bits per heavy atom. The first-order valence-corrected chi connectivity index (χ1v) is 8.57. The number of hydrogen-bond acceptors (Lipinski definition) is 0. The van der Waals surface area contributed by atoms with E-state index in [1.54, 1.807) is 21.1 Å². The van der Waals surface area contributed by atoms with Crippen LogP contribution in [0.15, 0.2) is 128 Å². The van der Waals surface area contributed by atoms with Crippen LogP contribution in [-0.4, -0.2) is 0 Å². The van der Waals surface area contributed by atoms with Crippen LogP contribution in [0.3, 0.4) is 0 Å². The van der Waals surface area contributed by atoms with Gasteiger partial charge in [-0.25, -0.2) is 0 Å². The fourth-order valence-corrected chi connectivity index (χ4v) is 1.88. The summed E-state index contributed by atoms with van der Waals surface area (Å²) < 4.78 is 1.37. The zero-order chi connectivity index (χ0) is 16.4. The molecule has 1 aromatic rings. The van der Waals surface area contributed by atoms with Gasteiger partial charge in [-0.1, -0.05) is 97.2 Å². The van der Waals surface area contributed by atoms with Crippen molar-refractivity contribution in [1.82, 2.24) is 0 Å². The van der Waals surface area contributed by atoms with Crippen molar-refractivity contribution in [2.24, 2.45) is 0 Å². The molecule has 1 heteroatoms. The van der Waals surface area contributed by atoms with Gasteiger partial charge in [0.1, 0.15) is 0 Å². The molecule has 0 heterocycles. The molecule has 2 aliphatic rings. The molecule has 0 saturated carbocycles. The van der Waals surface area contributed by atoms with E-state index in [2.05, 4.69) is 12.1 Å². The summed E-state index contributed by atoms with van der Waals surface area (Å²) in [4.78, 5) is 0. The quantitative estimate of drug-likeness (QED) is 0.537.